The number of rotatable bonds is 2. The summed E-state index contributed by atoms with van der Waals surface area (Å²) in [5, 5.41) is 0. The van der Waals surface area contributed by atoms with Crippen molar-refractivity contribution in [3.8, 4) is 5.75 Å². The fourth-order valence-corrected chi connectivity index (χ4v) is 1.75. The Morgan fingerprint density at radius 1 is 1.31 bits per heavy atom. The average molecular weight is 220 g/mol. The molecule has 1 atom stereocenters. The summed E-state index contributed by atoms with van der Waals surface area (Å²) in [5.41, 5.74) is 0.688. The van der Waals surface area contributed by atoms with E-state index in [2.05, 4.69) is 0 Å². The second-order valence-electron chi connectivity index (χ2n) is 4.57. The molecular formula is C12H17BO3. The molecule has 1 saturated heterocycles. The van der Waals surface area contributed by atoms with Crippen LogP contribution >= 0.6 is 0 Å². The van der Waals surface area contributed by atoms with Crippen molar-refractivity contribution in [3.63, 3.8) is 0 Å². The maximum atomic E-state index is 5.89. The maximum Gasteiger partial charge on any atom is 0.498 e. The first-order valence-corrected chi connectivity index (χ1v) is 5.51. The molecule has 0 radical (unpaired) electrons. The number of methoxy groups -OCH3 is 1. The van der Waals surface area contributed by atoms with Crippen LogP contribution in [-0.2, 0) is 9.31 Å². The molecule has 0 amide bonds. The van der Waals surface area contributed by atoms with E-state index in [4.69, 9.17) is 14.0 Å². The molecule has 1 fully saturated rings. The van der Waals surface area contributed by atoms with Gasteiger partial charge in [-0.15, -0.1) is 0 Å². The zero-order valence-corrected chi connectivity index (χ0v) is 10.2. The summed E-state index contributed by atoms with van der Waals surface area (Å²) in [4.78, 5) is 0. The standard InChI is InChI=1S/C12H17BO3/c1-9-12(2,3)16-13(15-9)10-7-5-6-8-11(10)14-4/h5-9H,1-4H3. The molecule has 0 aromatic heterocycles. The molecule has 1 aromatic rings. The molecule has 86 valence electrons. The van der Waals surface area contributed by atoms with Crippen molar-refractivity contribution in [3.05, 3.63) is 24.3 Å². The van der Waals surface area contributed by atoms with Gasteiger partial charge in [-0.2, -0.15) is 0 Å². The minimum absolute atomic E-state index is 0.0717. The monoisotopic (exact) mass is 220 g/mol. The van der Waals surface area contributed by atoms with E-state index in [1.165, 1.54) is 0 Å². The molecule has 1 aliphatic heterocycles. The lowest BCUT2D eigenvalue weighted by atomic mass is 9.78. The largest absolute Gasteiger partial charge is 0.498 e. The van der Waals surface area contributed by atoms with Crippen molar-refractivity contribution in [2.45, 2.75) is 32.5 Å². The quantitative estimate of drug-likeness (QED) is 0.708. The summed E-state index contributed by atoms with van der Waals surface area (Å²) in [5.74, 6) is 0.803. The number of hydrogen-bond donors (Lipinski definition) is 0. The summed E-state index contributed by atoms with van der Waals surface area (Å²) in [6.45, 7) is 6.09. The van der Waals surface area contributed by atoms with Gasteiger partial charge in [0, 0.05) is 5.46 Å². The Hall–Kier alpha value is -0.995. The van der Waals surface area contributed by atoms with Crippen LogP contribution < -0.4 is 10.2 Å². The third-order valence-electron chi connectivity index (χ3n) is 3.11. The number of para-hydroxylation sites is 1. The lowest BCUT2D eigenvalue weighted by Gasteiger charge is -2.21. The molecule has 0 saturated carbocycles. The van der Waals surface area contributed by atoms with Gasteiger partial charge in [0.1, 0.15) is 5.75 Å². The number of ether oxygens (including phenoxy) is 1. The molecule has 1 aromatic carbocycles. The lowest BCUT2D eigenvalue weighted by molar-refractivity contribution is 0.0842. The van der Waals surface area contributed by atoms with Gasteiger partial charge in [0.25, 0.3) is 0 Å². The summed E-state index contributed by atoms with van der Waals surface area (Å²) in [6.07, 6.45) is 0.0717. The average Bonchev–Trinajstić information content (AvgIpc) is 2.53. The first-order valence-electron chi connectivity index (χ1n) is 5.51. The van der Waals surface area contributed by atoms with Crippen LogP contribution in [0.4, 0.5) is 0 Å². The van der Waals surface area contributed by atoms with Crippen molar-refractivity contribution < 1.29 is 14.0 Å². The number of hydrogen-bond acceptors (Lipinski definition) is 3. The van der Waals surface area contributed by atoms with Gasteiger partial charge in [0.05, 0.1) is 18.8 Å². The van der Waals surface area contributed by atoms with E-state index in [-0.39, 0.29) is 18.8 Å². The zero-order valence-electron chi connectivity index (χ0n) is 10.2. The van der Waals surface area contributed by atoms with Crippen LogP contribution in [0.1, 0.15) is 20.8 Å². The van der Waals surface area contributed by atoms with Crippen molar-refractivity contribution in [1.82, 2.24) is 0 Å². The molecule has 0 aliphatic carbocycles. The molecule has 16 heavy (non-hydrogen) atoms. The van der Waals surface area contributed by atoms with Gasteiger partial charge in [-0.05, 0) is 26.8 Å². The molecule has 1 aliphatic rings. The fourth-order valence-electron chi connectivity index (χ4n) is 1.75. The summed E-state index contributed by atoms with van der Waals surface area (Å²) >= 11 is 0. The number of benzene rings is 1. The Labute approximate surface area is 96.8 Å². The highest BCUT2D eigenvalue weighted by molar-refractivity contribution is 6.63. The summed E-state index contributed by atoms with van der Waals surface area (Å²) < 4.78 is 17.0. The third kappa shape index (κ3) is 1.95. The highest BCUT2D eigenvalue weighted by Gasteiger charge is 2.44. The van der Waals surface area contributed by atoms with Crippen molar-refractivity contribution in [1.29, 1.82) is 0 Å². The molecule has 3 nitrogen and oxygen atoms in total. The van der Waals surface area contributed by atoms with Crippen molar-refractivity contribution in [2.24, 2.45) is 0 Å². The molecule has 2 rings (SSSR count). The van der Waals surface area contributed by atoms with Gasteiger partial charge in [-0.1, -0.05) is 18.2 Å². The molecule has 0 N–H and O–H groups in total. The zero-order chi connectivity index (χ0) is 11.8. The second-order valence-corrected chi connectivity index (χ2v) is 4.57. The Morgan fingerprint density at radius 2 is 2.00 bits per heavy atom. The predicted octanol–water partition coefficient (Wildman–Crippen LogP) is 1.60. The van der Waals surface area contributed by atoms with Crippen LogP contribution in [0.3, 0.4) is 0 Å². The third-order valence-corrected chi connectivity index (χ3v) is 3.11. The smallest absolute Gasteiger partial charge is 0.497 e. The van der Waals surface area contributed by atoms with Gasteiger partial charge >= 0.3 is 7.12 Å². The van der Waals surface area contributed by atoms with Gasteiger partial charge in [-0.25, -0.2) is 0 Å². The molecule has 1 heterocycles. The van der Waals surface area contributed by atoms with Crippen LogP contribution in [0.5, 0.6) is 5.75 Å². The van der Waals surface area contributed by atoms with E-state index >= 15 is 0 Å². The minimum atomic E-state index is -0.332. The first-order chi connectivity index (χ1) is 7.54. The Kier molecular flexibility index (Phi) is 2.95. The highest BCUT2D eigenvalue weighted by atomic mass is 16.7. The van der Waals surface area contributed by atoms with E-state index in [0.717, 1.165) is 11.2 Å². The SMILES string of the molecule is COc1ccccc1B1OC(C)C(C)(C)O1. The van der Waals surface area contributed by atoms with Crippen LogP contribution in [-0.4, -0.2) is 25.9 Å². The summed E-state index contributed by atoms with van der Waals surface area (Å²) in [6, 6.07) is 7.78. The van der Waals surface area contributed by atoms with E-state index in [1.807, 2.05) is 45.0 Å². The van der Waals surface area contributed by atoms with Crippen LogP contribution in [0, 0.1) is 0 Å². The van der Waals surface area contributed by atoms with Gasteiger partial charge in [-0.3, -0.25) is 0 Å². The minimum Gasteiger partial charge on any atom is -0.497 e. The van der Waals surface area contributed by atoms with E-state index in [9.17, 15) is 0 Å². The lowest BCUT2D eigenvalue weighted by Crippen LogP contribution is -2.35. The Morgan fingerprint density at radius 3 is 2.56 bits per heavy atom. The Balaban J connectivity index is 2.26. The highest BCUT2D eigenvalue weighted by Crippen LogP contribution is 2.27. The van der Waals surface area contributed by atoms with Crippen LogP contribution in [0.15, 0.2) is 24.3 Å². The molecule has 4 heteroatoms. The molecule has 0 bridgehead atoms. The Bertz CT molecular complexity index is 378. The second kappa shape index (κ2) is 4.11. The molecular weight excluding hydrogens is 203 g/mol. The molecule has 1 unspecified atom stereocenters. The predicted molar refractivity (Wildman–Crippen MR) is 64.1 cm³/mol. The van der Waals surface area contributed by atoms with Gasteiger partial charge in [0.15, 0.2) is 0 Å². The van der Waals surface area contributed by atoms with Crippen molar-refractivity contribution >= 4 is 12.6 Å². The van der Waals surface area contributed by atoms with E-state index in [0.29, 0.717) is 0 Å². The summed E-state index contributed by atoms with van der Waals surface area (Å²) in [7, 11) is 1.32. The van der Waals surface area contributed by atoms with Crippen LogP contribution in [0.25, 0.3) is 0 Å². The van der Waals surface area contributed by atoms with Crippen molar-refractivity contribution in [2.75, 3.05) is 7.11 Å². The first kappa shape index (κ1) is 11.5. The topological polar surface area (TPSA) is 27.7 Å². The fraction of sp³-hybridized carbons (Fsp3) is 0.500. The maximum absolute atomic E-state index is 5.89. The van der Waals surface area contributed by atoms with Gasteiger partial charge < -0.3 is 14.0 Å². The van der Waals surface area contributed by atoms with Gasteiger partial charge in [0.2, 0.25) is 0 Å². The van der Waals surface area contributed by atoms with E-state index < -0.39 is 0 Å². The normalized spacial score (nSPS) is 23.5. The van der Waals surface area contributed by atoms with E-state index in [1.54, 1.807) is 7.11 Å². The molecule has 0 spiro atoms. The van der Waals surface area contributed by atoms with Crippen LogP contribution in [0.2, 0.25) is 0 Å².